The molecule has 0 bridgehead atoms. The highest BCUT2D eigenvalue weighted by molar-refractivity contribution is 6.06. The Morgan fingerprint density at radius 3 is 2.17 bits per heavy atom. The van der Waals surface area contributed by atoms with Crippen molar-refractivity contribution in [2.24, 2.45) is 0 Å². The minimum atomic E-state index is -1.23. The Morgan fingerprint density at radius 1 is 1.00 bits per heavy atom. The lowest BCUT2D eigenvalue weighted by Gasteiger charge is -2.12. The van der Waals surface area contributed by atoms with Crippen molar-refractivity contribution in [3.63, 3.8) is 0 Å². The van der Waals surface area contributed by atoms with E-state index in [1.54, 1.807) is 12.1 Å². The molecule has 2 aromatic rings. The highest BCUT2D eigenvalue weighted by Gasteiger charge is 2.19. The highest BCUT2D eigenvalue weighted by atomic mass is 16.5. The molecule has 0 amide bonds. The number of ether oxygens (including phenoxy) is 1. The van der Waals surface area contributed by atoms with Gasteiger partial charge in [-0.05, 0) is 31.5 Å². The van der Waals surface area contributed by atoms with Crippen LogP contribution in [0, 0.1) is 0 Å². The van der Waals surface area contributed by atoms with Crippen LogP contribution >= 0.6 is 0 Å². The molecule has 6 heteroatoms. The number of carbonyl (C=O) groups is 3. The Morgan fingerprint density at radius 2 is 1.65 bits per heavy atom. The zero-order chi connectivity index (χ0) is 17.1. The van der Waals surface area contributed by atoms with Gasteiger partial charge in [0.1, 0.15) is 0 Å². The maximum absolute atomic E-state index is 11.9. The third-order valence-corrected chi connectivity index (χ3v) is 3.38. The fourth-order valence-electron chi connectivity index (χ4n) is 2.22. The molecule has 1 aromatic carbocycles. The third kappa shape index (κ3) is 3.26. The number of hydrogen-bond acceptors (Lipinski definition) is 5. The second-order valence-corrected chi connectivity index (χ2v) is 4.93. The van der Waals surface area contributed by atoms with Gasteiger partial charge in [-0.25, -0.2) is 9.78 Å². The molecule has 0 aliphatic carbocycles. The summed E-state index contributed by atoms with van der Waals surface area (Å²) in [6.07, 6.45) is 0. The summed E-state index contributed by atoms with van der Waals surface area (Å²) in [5.41, 5.74) is 1.14. The summed E-state index contributed by atoms with van der Waals surface area (Å²) in [5.74, 6) is -1.51. The summed E-state index contributed by atoms with van der Waals surface area (Å²) in [4.78, 5) is 38.8. The predicted molar refractivity (Wildman–Crippen MR) is 83.2 cm³/mol. The van der Waals surface area contributed by atoms with Crippen LogP contribution < -0.4 is 4.74 Å². The Labute approximate surface area is 132 Å². The molecule has 23 heavy (non-hydrogen) atoms. The lowest BCUT2D eigenvalue weighted by atomic mass is 9.93. The largest absolute Gasteiger partial charge is 0.481 e. The molecule has 0 atom stereocenters. The molecule has 0 aliphatic heterocycles. The van der Waals surface area contributed by atoms with Gasteiger partial charge in [0.25, 0.3) is 0 Å². The van der Waals surface area contributed by atoms with Gasteiger partial charge in [0.15, 0.2) is 17.3 Å². The first-order valence-electron chi connectivity index (χ1n) is 6.79. The van der Waals surface area contributed by atoms with Crippen molar-refractivity contribution < 1.29 is 24.2 Å². The van der Waals surface area contributed by atoms with Crippen molar-refractivity contribution in [1.82, 2.24) is 4.98 Å². The van der Waals surface area contributed by atoms with Crippen LogP contribution in [0.2, 0.25) is 0 Å². The zero-order valence-corrected chi connectivity index (χ0v) is 12.9. The minimum absolute atomic E-state index is 0.163. The molecular formula is C17H15NO5. The molecule has 0 saturated carbocycles. The van der Waals surface area contributed by atoms with Gasteiger partial charge in [-0.1, -0.05) is 12.1 Å². The Kier molecular flexibility index (Phi) is 4.55. The lowest BCUT2D eigenvalue weighted by Crippen LogP contribution is -2.07. The fourth-order valence-corrected chi connectivity index (χ4v) is 2.22. The number of Topliss-reactive ketones (excluding diaryl/α,β-unsaturated/α-hetero) is 2. The normalized spacial score (nSPS) is 10.2. The molecule has 6 nitrogen and oxygen atoms in total. The number of carboxylic acid groups (broad SMARTS) is 1. The summed E-state index contributed by atoms with van der Waals surface area (Å²) >= 11 is 0. The van der Waals surface area contributed by atoms with E-state index in [9.17, 15) is 19.5 Å². The SMILES string of the molecule is COc1ccc(-c2ccc(C(C)=O)cc2C(C)=O)c(C(=O)O)n1. The molecule has 1 N–H and O–H groups in total. The van der Waals surface area contributed by atoms with E-state index in [0.29, 0.717) is 16.7 Å². The maximum Gasteiger partial charge on any atom is 0.355 e. The summed E-state index contributed by atoms with van der Waals surface area (Å²) in [6, 6.07) is 7.63. The van der Waals surface area contributed by atoms with E-state index in [-0.39, 0.29) is 28.7 Å². The highest BCUT2D eigenvalue weighted by Crippen LogP contribution is 2.29. The number of ketones is 2. The Bertz CT molecular complexity index is 811. The number of aromatic carboxylic acids is 1. The molecule has 0 saturated heterocycles. The third-order valence-electron chi connectivity index (χ3n) is 3.38. The van der Waals surface area contributed by atoms with E-state index in [2.05, 4.69) is 4.98 Å². The number of aromatic nitrogens is 1. The Balaban J connectivity index is 2.73. The smallest absolute Gasteiger partial charge is 0.355 e. The average Bonchev–Trinajstić information content (AvgIpc) is 2.53. The minimum Gasteiger partial charge on any atom is -0.481 e. The lowest BCUT2D eigenvalue weighted by molar-refractivity contribution is 0.0689. The standard InChI is InChI=1S/C17H15NO5/c1-9(19)11-4-5-12(14(8-11)10(2)20)13-6-7-15(23-3)18-16(13)17(21)22/h4-8H,1-3H3,(H,21,22). The van der Waals surface area contributed by atoms with Crippen LogP contribution in [0.15, 0.2) is 30.3 Å². The van der Waals surface area contributed by atoms with Crippen molar-refractivity contribution in [3.05, 3.63) is 47.2 Å². The van der Waals surface area contributed by atoms with E-state index < -0.39 is 5.97 Å². The van der Waals surface area contributed by atoms with Crippen molar-refractivity contribution in [2.45, 2.75) is 13.8 Å². The summed E-state index contributed by atoms with van der Waals surface area (Å²) < 4.78 is 4.94. The molecule has 0 fully saturated rings. The second kappa shape index (κ2) is 6.39. The summed E-state index contributed by atoms with van der Waals surface area (Å²) in [5, 5.41) is 9.36. The first kappa shape index (κ1) is 16.4. The monoisotopic (exact) mass is 313 g/mol. The van der Waals surface area contributed by atoms with E-state index in [1.807, 2.05) is 0 Å². The van der Waals surface area contributed by atoms with Crippen LogP contribution in [-0.4, -0.2) is 34.7 Å². The summed E-state index contributed by atoms with van der Waals surface area (Å²) in [6.45, 7) is 2.76. The molecule has 1 heterocycles. The van der Waals surface area contributed by atoms with Crippen molar-refractivity contribution in [2.75, 3.05) is 7.11 Å². The van der Waals surface area contributed by atoms with Crippen LogP contribution in [0.4, 0.5) is 0 Å². The average molecular weight is 313 g/mol. The number of methoxy groups -OCH3 is 1. The van der Waals surface area contributed by atoms with Gasteiger partial charge in [0, 0.05) is 22.8 Å². The number of pyridine rings is 1. The Hall–Kier alpha value is -3.02. The van der Waals surface area contributed by atoms with Gasteiger partial charge in [0.05, 0.1) is 7.11 Å². The molecule has 118 valence electrons. The van der Waals surface area contributed by atoms with Crippen molar-refractivity contribution >= 4 is 17.5 Å². The molecule has 0 unspecified atom stereocenters. The van der Waals surface area contributed by atoms with E-state index >= 15 is 0 Å². The number of carbonyl (C=O) groups excluding carboxylic acids is 2. The molecule has 1 aromatic heterocycles. The number of rotatable bonds is 5. The molecule has 2 rings (SSSR count). The molecule has 0 radical (unpaired) electrons. The van der Waals surface area contributed by atoms with E-state index in [0.717, 1.165) is 0 Å². The van der Waals surface area contributed by atoms with Crippen LogP contribution in [0.5, 0.6) is 5.88 Å². The van der Waals surface area contributed by atoms with Gasteiger partial charge in [0.2, 0.25) is 5.88 Å². The second-order valence-electron chi connectivity index (χ2n) is 4.93. The van der Waals surface area contributed by atoms with Gasteiger partial charge in [-0.3, -0.25) is 9.59 Å². The van der Waals surface area contributed by atoms with Crippen LogP contribution in [-0.2, 0) is 0 Å². The predicted octanol–water partition coefficient (Wildman–Crippen LogP) is 2.86. The quantitative estimate of drug-likeness (QED) is 0.853. The topological polar surface area (TPSA) is 93.6 Å². The van der Waals surface area contributed by atoms with Crippen LogP contribution in [0.25, 0.3) is 11.1 Å². The summed E-state index contributed by atoms with van der Waals surface area (Å²) in [7, 11) is 1.39. The first-order chi connectivity index (χ1) is 10.8. The first-order valence-corrected chi connectivity index (χ1v) is 6.79. The van der Waals surface area contributed by atoms with Crippen LogP contribution in [0.3, 0.4) is 0 Å². The van der Waals surface area contributed by atoms with Crippen LogP contribution in [0.1, 0.15) is 45.1 Å². The number of carboxylic acids is 1. The van der Waals surface area contributed by atoms with Gasteiger partial charge < -0.3 is 9.84 Å². The zero-order valence-electron chi connectivity index (χ0n) is 12.9. The van der Waals surface area contributed by atoms with Crippen molar-refractivity contribution in [1.29, 1.82) is 0 Å². The molecule has 0 aliphatic rings. The van der Waals surface area contributed by atoms with Gasteiger partial charge in [-0.15, -0.1) is 0 Å². The number of nitrogens with zero attached hydrogens (tertiary/aromatic N) is 1. The van der Waals surface area contributed by atoms with Crippen molar-refractivity contribution in [3.8, 4) is 17.0 Å². The molecule has 0 spiro atoms. The molecular weight excluding hydrogens is 298 g/mol. The van der Waals surface area contributed by atoms with Gasteiger partial charge >= 0.3 is 5.97 Å². The van der Waals surface area contributed by atoms with E-state index in [4.69, 9.17) is 4.74 Å². The number of hydrogen-bond donors (Lipinski definition) is 1. The van der Waals surface area contributed by atoms with Gasteiger partial charge in [-0.2, -0.15) is 0 Å². The van der Waals surface area contributed by atoms with E-state index in [1.165, 1.54) is 39.2 Å². The number of benzene rings is 1. The maximum atomic E-state index is 11.9. The fraction of sp³-hybridized carbons (Fsp3) is 0.176.